The SMILES string of the molecule is Nn1c(SCc2cc(=O)oc3cc(O)ccc23)nnc1-c1ccccc1Cl. The molecule has 0 aliphatic heterocycles. The lowest BCUT2D eigenvalue weighted by atomic mass is 10.1. The largest absolute Gasteiger partial charge is 0.508 e. The van der Waals surface area contributed by atoms with E-state index in [4.69, 9.17) is 21.9 Å². The summed E-state index contributed by atoms with van der Waals surface area (Å²) >= 11 is 7.53. The summed E-state index contributed by atoms with van der Waals surface area (Å²) in [6, 6.07) is 13.3. The first-order chi connectivity index (χ1) is 13.0. The summed E-state index contributed by atoms with van der Waals surface area (Å²) in [6.45, 7) is 0. The van der Waals surface area contributed by atoms with E-state index in [1.807, 2.05) is 18.2 Å². The molecular weight excluding hydrogens is 388 g/mol. The molecule has 0 amide bonds. The molecule has 136 valence electrons. The lowest BCUT2D eigenvalue weighted by molar-refractivity contribution is 0.473. The number of phenols is 1. The van der Waals surface area contributed by atoms with Gasteiger partial charge in [-0.05, 0) is 29.8 Å². The quantitative estimate of drug-likeness (QED) is 0.307. The summed E-state index contributed by atoms with van der Waals surface area (Å²) in [4.78, 5) is 11.8. The minimum Gasteiger partial charge on any atom is -0.508 e. The van der Waals surface area contributed by atoms with Crippen molar-refractivity contribution in [3.8, 4) is 17.1 Å². The zero-order chi connectivity index (χ0) is 19.0. The van der Waals surface area contributed by atoms with Gasteiger partial charge in [-0.1, -0.05) is 35.5 Å². The first kappa shape index (κ1) is 17.4. The van der Waals surface area contributed by atoms with Crippen molar-refractivity contribution >= 4 is 34.3 Å². The Labute approximate surface area is 162 Å². The molecule has 0 unspecified atom stereocenters. The summed E-state index contributed by atoms with van der Waals surface area (Å²) in [5.41, 5.74) is 1.26. The molecule has 0 atom stereocenters. The Balaban J connectivity index is 1.65. The summed E-state index contributed by atoms with van der Waals surface area (Å²) in [5, 5.41) is 19.5. The van der Waals surface area contributed by atoms with Crippen LogP contribution in [0.25, 0.3) is 22.4 Å². The van der Waals surface area contributed by atoms with Crippen molar-refractivity contribution < 1.29 is 9.52 Å². The molecule has 2 aromatic carbocycles. The number of benzene rings is 2. The zero-order valence-corrected chi connectivity index (χ0v) is 15.4. The van der Waals surface area contributed by atoms with Gasteiger partial charge in [0.2, 0.25) is 5.16 Å². The Morgan fingerprint density at radius 2 is 2.00 bits per heavy atom. The third kappa shape index (κ3) is 3.36. The van der Waals surface area contributed by atoms with E-state index in [1.54, 1.807) is 12.1 Å². The molecule has 0 fully saturated rings. The topological polar surface area (TPSA) is 107 Å². The Morgan fingerprint density at radius 3 is 2.81 bits per heavy atom. The van der Waals surface area contributed by atoms with E-state index >= 15 is 0 Å². The monoisotopic (exact) mass is 400 g/mol. The Kier molecular flexibility index (Phi) is 4.51. The molecule has 0 aliphatic carbocycles. The highest BCUT2D eigenvalue weighted by Crippen LogP contribution is 2.30. The maximum Gasteiger partial charge on any atom is 0.336 e. The van der Waals surface area contributed by atoms with Gasteiger partial charge in [0.1, 0.15) is 11.3 Å². The summed E-state index contributed by atoms with van der Waals surface area (Å²) in [5.74, 6) is 7.03. The van der Waals surface area contributed by atoms with E-state index in [1.165, 1.54) is 34.6 Å². The van der Waals surface area contributed by atoms with Crippen LogP contribution in [-0.4, -0.2) is 20.0 Å². The van der Waals surface area contributed by atoms with Crippen LogP contribution in [0.3, 0.4) is 0 Å². The number of aromatic hydroxyl groups is 1. The molecule has 4 aromatic rings. The molecule has 7 nitrogen and oxygen atoms in total. The predicted molar refractivity (Wildman–Crippen MR) is 104 cm³/mol. The number of nitrogen functional groups attached to an aromatic ring is 1. The smallest absolute Gasteiger partial charge is 0.336 e. The van der Waals surface area contributed by atoms with Gasteiger partial charge in [0.15, 0.2) is 5.82 Å². The van der Waals surface area contributed by atoms with Gasteiger partial charge in [-0.15, -0.1) is 10.2 Å². The van der Waals surface area contributed by atoms with Crippen LogP contribution < -0.4 is 11.5 Å². The Morgan fingerprint density at radius 1 is 1.19 bits per heavy atom. The molecule has 0 radical (unpaired) electrons. The molecule has 0 saturated carbocycles. The number of phenolic OH excluding ortho intramolecular Hbond substituents is 1. The van der Waals surface area contributed by atoms with E-state index in [-0.39, 0.29) is 5.75 Å². The van der Waals surface area contributed by atoms with E-state index in [9.17, 15) is 9.90 Å². The van der Waals surface area contributed by atoms with Crippen LogP contribution in [0.4, 0.5) is 0 Å². The zero-order valence-electron chi connectivity index (χ0n) is 13.8. The average molecular weight is 401 g/mol. The number of halogens is 1. The normalized spacial score (nSPS) is 11.1. The number of nitrogens with two attached hydrogens (primary N) is 1. The maximum absolute atomic E-state index is 11.8. The molecule has 2 aromatic heterocycles. The summed E-state index contributed by atoms with van der Waals surface area (Å²) < 4.78 is 6.50. The van der Waals surface area contributed by atoms with Crippen molar-refractivity contribution in [1.29, 1.82) is 0 Å². The van der Waals surface area contributed by atoms with Crippen LogP contribution in [0.2, 0.25) is 5.02 Å². The van der Waals surface area contributed by atoms with E-state index < -0.39 is 5.63 Å². The standard InChI is InChI=1S/C18H13ClN4O3S/c19-14-4-2-1-3-13(14)17-21-22-18(23(17)20)27-9-10-7-16(25)26-15-8-11(24)5-6-12(10)15/h1-8,24H,9,20H2. The van der Waals surface area contributed by atoms with Gasteiger partial charge < -0.3 is 15.4 Å². The lowest BCUT2D eigenvalue weighted by Gasteiger charge is -2.07. The number of hydrogen-bond donors (Lipinski definition) is 2. The lowest BCUT2D eigenvalue weighted by Crippen LogP contribution is -2.11. The van der Waals surface area contributed by atoms with Gasteiger partial charge >= 0.3 is 5.63 Å². The van der Waals surface area contributed by atoms with Gasteiger partial charge in [-0.2, -0.15) is 0 Å². The van der Waals surface area contributed by atoms with E-state index in [0.29, 0.717) is 32.9 Å². The predicted octanol–water partition coefficient (Wildman–Crippen LogP) is 3.42. The van der Waals surface area contributed by atoms with Crippen molar-refractivity contribution in [2.24, 2.45) is 0 Å². The molecule has 2 heterocycles. The van der Waals surface area contributed by atoms with E-state index in [2.05, 4.69) is 10.2 Å². The summed E-state index contributed by atoms with van der Waals surface area (Å²) in [7, 11) is 0. The number of aromatic nitrogens is 3. The fraction of sp³-hybridized carbons (Fsp3) is 0.0556. The van der Waals surface area contributed by atoms with E-state index in [0.717, 1.165) is 10.9 Å². The number of fused-ring (bicyclic) bond motifs is 1. The highest BCUT2D eigenvalue weighted by atomic mass is 35.5. The van der Waals surface area contributed by atoms with Crippen molar-refractivity contribution in [2.45, 2.75) is 10.9 Å². The number of hydrogen-bond acceptors (Lipinski definition) is 7. The fourth-order valence-corrected chi connectivity index (χ4v) is 3.75. The first-order valence-corrected chi connectivity index (χ1v) is 9.23. The second-order valence-corrected chi connectivity index (χ2v) is 7.07. The molecule has 9 heteroatoms. The molecule has 27 heavy (non-hydrogen) atoms. The van der Waals surface area contributed by atoms with Gasteiger partial charge in [0.25, 0.3) is 0 Å². The minimum atomic E-state index is -0.491. The maximum atomic E-state index is 11.8. The molecule has 0 bridgehead atoms. The molecule has 0 saturated heterocycles. The Bertz CT molecular complexity index is 1200. The van der Waals surface area contributed by atoms with Crippen LogP contribution in [-0.2, 0) is 5.75 Å². The van der Waals surface area contributed by atoms with Crippen molar-refractivity contribution in [3.05, 3.63) is 69.5 Å². The molecule has 3 N–H and O–H groups in total. The van der Waals surface area contributed by atoms with Gasteiger partial charge in [0.05, 0.1) is 5.02 Å². The molecule has 0 spiro atoms. The van der Waals surface area contributed by atoms with Crippen LogP contribution in [0, 0.1) is 0 Å². The van der Waals surface area contributed by atoms with Crippen LogP contribution in [0.1, 0.15) is 5.56 Å². The molecular formula is C18H13ClN4O3S. The van der Waals surface area contributed by atoms with Crippen molar-refractivity contribution in [3.63, 3.8) is 0 Å². The van der Waals surface area contributed by atoms with Crippen molar-refractivity contribution in [1.82, 2.24) is 14.9 Å². The Hall–Kier alpha value is -2.97. The second-order valence-electron chi connectivity index (χ2n) is 5.72. The second kappa shape index (κ2) is 6.98. The first-order valence-electron chi connectivity index (χ1n) is 7.87. The third-order valence-electron chi connectivity index (χ3n) is 3.95. The highest BCUT2D eigenvalue weighted by molar-refractivity contribution is 7.98. The van der Waals surface area contributed by atoms with Gasteiger partial charge in [0, 0.05) is 28.8 Å². The van der Waals surface area contributed by atoms with Crippen LogP contribution in [0.15, 0.2) is 62.9 Å². The minimum absolute atomic E-state index is 0.0292. The van der Waals surface area contributed by atoms with Gasteiger partial charge in [-0.3, -0.25) is 0 Å². The van der Waals surface area contributed by atoms with Crippen molar-refractivity contribution in [2.75, 3.05) is 5.84 Å². The number of thioether (sulfide) groups is 1. The van der Waals surface area contributed by atoms with Crippen LogP contribution in [0.5, 0.6) is 5.75 Å². The van der Waals surface area contributed by atoms with Crippen LogP contribution >= 0.6 is 23.4 Å². The third-order valence-corrected chi connectivity index (χ3v) is 5.27. The molecule has 0 aliphatic rings. The number of rotatable bonds is 4. The summed E-state index contributed by atoms with van der Waals surface area (Å²) in [6.07, 6.45) is 0. The fourth-order valence-electron chi connectivity index (χ4n) is 2.68. The van der Waals surface area contributed by atoms with Gasteiger partial charge in [-0.25, -0.2) is 9.47 Å². The molecule has 4 rings (SSSR count). The number of nitrogens with zero attached hydrogens (tertiary/aromatic N) is 3. The average Bonchev–Trinajstić information content (AvgIpc) is 3.00. The highest BCUT2D eigenvalue weighted by Gasteiger charge is 2.15.